The molecule has 3 rings (SSSR count). The lowest BCUT2D eigenvalue weighted by atomic mass is 10.0. The number of hydrogen-bond donors (Lipinski definition) is 1. The van der Waals surface area contributed by atoms with E-state index in [4.69, 9.17) is 14.2 Å². The molecule has 0 fully saturated rings. The first-order valence-corrected chi connectivity index (χ1v) is 12.4. The van der Waals surface area contributed by atoms with Crippen molar-refractivity contribution in [2.24, 2.45) is 0 Å². The van der Waals surface area contributed by atoms with E-state index in [-0.39, 0.29) is 12.3 Å². The smallest absolute Gasteiger partial charge is 0.341 e. The Hall–Kier alpha value is -2.36. The fourth-order valence-electron chi connectivity index (χ4n) is 3.42. The Balaban J connectivity index is 1.83. The van der Waals surface area contributed by atoms with Crippen LogP contribution in [0.4, 0.5) is 5.00 Å². The molecule has 0 saturated heterocycles. The summed E-state index contributed by atoms with van der Waals surface area (Å²) in [5.74, 6) is 0.507. The van der Waals surface area contributed by atoms with Gasteiger partial charge in [-0.05, 0) is 48.7 Å². The van der Waals surface area contributed by atoms with Gasteiger partial charge in [0.15, 0.2) is 11.5 Å². The fraction of sp³-hybridized carbons (Fsp3) is 0.250. The number of carbonyl (C=O) groups is 2. The SMILES string of the molecule is COC(=O)c1c(NC(=O)CCc2cc(OC)c(OC)cc2Br)sc(C)c1-c1ccc(Br)cc1. The maximum absolute atomic E-state index is 12.8. The number of amides is 1. The van der Waals surface area contributed by atoms with Crippen molar-refractivity contribution >= 4 is 60.1 Å². The average molecular weight is 597 g/mol. The summed E-state index contributed by atoms with van der Waals surface area (Å²) in [6, 6.07) is 11.3. The second-order valence-corrected chi connectivity index (χ2v) is 10.1. The zero-order valence-electron chi connectivity index (χ0n) is 18.6. The van der Waals surface area contributed by atoms with Gasteiger partial charge in [-0.25, -0.2) is 4.79 Å². The molecule has 0 aliphatic rings. The summed E-state index contributed by atoms with van der Waals surface area (Å²) < 4.78 is 17.4. The lowest BCUT2D eigenvalue weighted by Crippen LogP contribution is -2.14. The third-order valence-corrected chi connectivity index (χ3v) is 7.32. The number of ether oxygens (including phenoxy) is 3. The minimum atomic E-state index is -0.491. The Bertz CT molecular complexity index is 1170. The van der Waals surface area contributed by atoms with E-state index in [1.165, 1.54) is 18.4 Å². The van der Waals surface area contributed by atoms with Crippen LogP contribution in [0.2, 0.25) is 0 Å². The quantitative estimate of drug-likeness (QED) is 0.296. The van der Waals surface area contributed by atoms with Gasteiger partial charge < -0.3 is 19.5 Å². The highest BCUT2D eigenvalue weighted by atomic mass is 79.9. The number of benzene rings is 2. The van der Waals surface area contributed by atoms with Crippen LogP contribution < -0.4 is 14.8 Å². The number of rotatable bonds is 8. The first-order chi connectivity index (χ1) is 15.8. The largest absolute Gasteiger partial charge is 0.493 e. The monoisotopic (exact) mass is 595 g/mol. The summed E-state index contributed by atoms with van der Waals surface area (Å²) in [6.07, 6.45) is 0.698. The Morgan fingerprint density at radius 1 is 1.00 bits per heavy atom. The third-order valence-electron chi connectivity index (χ3n) is 5.03. The maximum atomic E-state index is 12.8. The van der Waals surface area contributed by atoms with Crippen LogP contribution in [0, 0.1) is 6.92 Å². The molecule has 9 heteroatoms. The molecule has 174 valence electrons. The Morgan fingerprint density at radius 3 is 2.24 bits per heavy atom. The van der Waals surface area contributed by atoms with E-state index < -0.39 is 5.97 Å². The summed E-state index contributed by atoms with van der Waals surface area (Å²) in [5.41, 5.74) is 2.91. The number of hydrogen-bond acceptors (Lipinski definition) is 6. The molecule has 0 bridgehead atoms. The first kappa shape index (κ1) is 25.3. The van der Waals surface area contributed by atoms with E-state index in [0.717, 1.165) is 30.5 Å². The molecule has 2 aromatic carbocycles. The highest BCUT2D eigenvalue weighted by Crippen LogP contribution is 2.41. The van der Waals surface area contributed by atoms with Gasteiger partial charge >= 0.3 is 5.97 Å². The number of nitrogens with one attached hydrogen (secondary N) is 1. The van der Waals surface area contributed by atoms with Gasteiger partial charge in [-0.1, -0.05) is 44.0 Å². The predicted octanol–water partition coefficient (Wildman–Crippen LogP) is 6.62. The van der Waals surface area contributed by atoms with Gasteiger partial charge in [-0.15, -0.1) is 11.3 Å². The number of thiophene rings is 1. The van der Waals surface area contributed by atoms with Crippen LogP contribution in [0.3, 0.4) is 0 Å². The molecule has 0 saturated carbocycles. The lowest BCUT2D eigenvalue weighted by Gasteiger charge is -2.12. The van der Waals surface area contributed by atoms with Gasteiger partial charge in [-0.2, -0.15) is 0 Å². The molecular weight excluding hydrogens is 574 g/mol. The van der Waals surface area contributed by atoms with Crippen molar-refractivity contribution in [1.82, 2.24) is 0 Å². The van der Waals surface area contributed by atoms with Crippen molar-refractivity contribution in [3.05, 3.63) is 61.3 Å². The Morgan fingerprint density at radius 2 is 1.64 bits per heavy atom. The fourth-order valence-corrected chi connectivity index (χ4v) is 5.28. The summed E-state index contributed by atoms with van der Waals surface area (Å²) in [5, 5.41) is 3.39. The molecule has 1 aromatic heterocycles. The number of halogens is 2. The van der Waals surface area contributed by atoms with E-state index in [0.29, 0.717) is 28.5 Å². The third kappa shape index (κ3) is 5.77. The minimum Gasteiger partial charge on any atom is -0.493 e. The normalized spacial score (nSPS) is 10.6. The molecule has 0 atom stereocenters. The number of anilines is 1. The molecule has 1 heterocycles. The molecule has 0 radical (unpaired) electrons. The standard InChI is InChI=1S/C24H23Br2NO5S/c1-13-21(14-5-8-16(25)9-6-14)22(24(29)32-4)23(33-13)27-20(28)10-7-15-11-18(30-2)19(31-3)12-17(15)26/h5-6,8-9,11-12H,7,10H2,1-4H3,(H,27,28). The van der Waals surface area contributed by atoms with Crippen molar-refractivity contribution in [3.63, 3.8) is 0 Å². The maximum Gasteiger partial charge on any atom is 0.341 e. The highest BCUT2D eigenvalue weighted by Gasteiger charge is 2.25. The Labute approximate surface area is 213 Å². The van der Waals surface area contributed by atoms with Gasteiger partial charge in [0.1, 0.15) is 10.6 Å². The van der Waals surface area contributed by atoms with E-state index in [1.54, 1.807) is 14.2 Å². The van der Waals surface area contributed by atoms with Crippen LogP contribution in [0.5, 0.6) is 11.5 Å². The van der Waals surface area contributed by atoms with Crippen molar-refractivity contribution in [2.75, 3.05) is 26.6 Å². The molecule has 0 spiro atoms. The summed E-state index contributed by atoms with van der Waals surface area (Å²) >= 11 is 8.31. The van der Waals surface area contributed by atoms with Crippen LogP contribution in [0.25, 0.3) is 11.1 Å². The van der Waals surface area contributed by atoms with E-state index >= 15 is 0 Å². The molecular formula is C24H23Br2NO5S. The number of esters is 1. The predicted molar refractivity (Wildman–Crippen MR) is 138 cm³/mol. The zero-order chi connectivity index (χ0) is 24.1. The van der Waals surface area contributed by atoms with Crippen LogP contribution in [-0.2, 0) is 16.0 Å². The summed E-state index contributed by atoms with van der Waals surface area (Å²) in [7, 11) is 4.47. The lowest BCUT2D eigenvalue weighted by molar-refractivity contribution is -0.116. The topological polar surface area (TPSA) is 73.9 Å². The van der Waals surface area contributed by atoms with E-state index in [1.807, 2.05) is 43.3 Å². The summed E-state index contributed by atoms with van der Waals surface area (Å²) in [6.45, 7) is 1.92. The first-order valence-electron chi connectivity index (χ1n) is 9.96. The van der Waals surface area contributed by atoms with Crippen molar-refractivity contribution < 1.29 is 23.8 Å². The molecule has 0 aliphatic carbocycles. The van der Waals surface area contributed by atoms with Gasteiger partial charge in [0.05, 0.1) is 21.3 Å². The van der Waals surface area contributed by atoms with Gasteiger partial charge in [0, 0.05) is 25.8 Å². The van der Waals surface area contributed by atoms with Crippen LogP contribution in [-0.4, -0.2) is 33.2 Å². The van der Waals surface area contributed by atoms with Crippen LogP contribution in [0.15, 0.2) is 45.3 Å². The molecule has 0 unspecified atom stereocenters. The van der Waals surface area contributed by atoms with E-state index in [9.17, 15) is 9.59 Å². The molecule has 1 N–H and O–H groups in total. The van der Waals surface area contributed by atoms with Crippen molar-refractivity contribution in [2.45, 2.75) is 19.8 Å². The van der Waals surface area contributed by atoms with Gasteiger partial charge in [-0.3, -0.25) is 4.79 Å². The number of aryl methyl sites for hydroxylation is 2. The Kier molecular flexibility index (Phi) is 8.56. The minimum absolute atomic E-state index is 0.203. The van der Waals surface area contributed by atoms with Crippen molar-refractivity contribution in [1.29, 1.82) is 0 Å². The second-order valence-electron chi connectivity index (χ2n) is 7.08. The molecule has 33 heavy (non-hydrogen) atoms. The zero-order valence-corrected chi connectivity index (χ0v) is 22.6. The van der Waals surface area contributed by atoms with Gasteiger partial charge in [0.25, 0.3) is 0 Å². The molecule has 0 aliphatic heterocycles. The van der Waals surface area contributed by atoms with Crippen LogP contribution in [0.1, 0.15) is 27.2 Å². The van der Waals surface area contributed by atoms with E-state index in [2.05, 4.69) is 37.2 Å². The molecule has 3 aromatic rings. The average Bonchev–Trinajstić information content (AvgIpc) is 3.13. The second kappa shape index (κ2) is 11.2. The van der Waals surface area contributed by atoms with Gasteiger partial charge in [0.2, 0.25) is 5.91 Å². The summed E-state index contributed by atoms with van der Waals surface area (Å²) in [4.78, 5) is 26.4. The molecule has 6 nitrogen and oxygen atoms in total. The van der Waals surface area contributed by atoms with Crippen molar-refractivity contribution in [3.8, 4) is 22.6 Å². The number of methoxy groups -OCH3 is 3. The number of carbonyl (C=O) groups excluding carboxylic acids is 2. The van der Waals surface area contributed by atoms with Crippen LogP contribution >= 0.6 is 43.2 Å². The highest BCUT2D eigenvalue weighted by molar-refractivity contribution is 9.10. The molecule has 1 amide bonds.